The predicted molar refractivity (Wildman–Crippen MR) is 107 cm³/mol. The predicted octanol–water partition coefficient (Wildman–Crippen LogP) is 5.35. The van der Waals surface area contributed by atoms with E-state index in [-0.39, 0.29) is 5.02 Å². The van der Waals surface area contributed by atoms with Gasteiger partial charge in [-0.15, -0.1) is 0 Å². The second kappa shape index (κ2) is 6.35. The maximum Gasteiger partial charge on any atom is 0.159 e. The summed E-state index contributed by atoms with van der Waals surface area (Å²) in [5.41, 5.74) is 3.67. The van der Waals surface area contributed by atoms with Crippen molar-refractivity contribution in [1.29, 1.82) is 0 Å². The Morgan fingerprint density at radius 3 is 2.68 bits per heavy atom. The third-order valence-corrected chi connectivity index (χ3v) is 4.93. The molecule has 3 heterocycles. The van der Waals surface area contributed by atoms with Gasteiger partial charge in [-0.2, -0.15) is 0 Å². The summed E-state index contributed by atoms with van der Waals surface area (Å²) in [6, 6.07) is 16.4. The maximum absolute atomic E-state index is 13.8. The zero-order chi connectivity index (χ0) is 19.3. The number of aromatic nitrogens is 4. The summed E-state index contributed by atoms with van der Waals surface area (Å²) in [5.74, 6) is 1.62. The summed E-state index contributed by atoms with van der Waals surface area (Å²) in [6.07, 6.45) is 1.95. The van der Waals surface area contributed by atoms with Crippen LogP contribution in [0.4, 0.5) is 4.39 Å². The van der Waals surface area contributed by atoms with Crippen molar-refractivity contribution in [3.05, 3.63) is 71.6 Å². The van der Waals surface area contributed by atoms with Crippen LogP contribution in [-0.2, 0) is 0 Å². The highest BCUT2D eigenvalue weighted by molar-refractivity contribution is 6.31. The molecule has 1 N–H and O–H groups in total. The molecule has 0 unspecified atom stereocenters. The van der Waals surface area contributed by atoms with Crippen molar-refractivity contribution in [3.8, 4) is 28.7 Å². The normalized spacial score (nSPS) is 11.4. The second-order valence-electron chi connectivity index (χ2n) is 6.34. The number of fused-ring (bicyclic) bond motifs is 2. The molecule has 3 aromatic heterocycles. The molecule has 5 nitrogen and oxygen atoms in total. The lowest BCUT2D eigenvalue weighted by atomic mass is 10.2. The van der Waals surface area contributed by atoms with Crippen LogP contribution < -0.4 is 4.74 Å². The molecule has 0 bridgehead atoms. The van der Waals surface area contributed by atoms with Gasteiger partial charge >= 0.3 is 0 Å². The summed E-state index contributed by atoms with van der Waals surface area (Å²) in [7, 11) is 1.63. The molecule has 0 fully saturated rings. The van der Waals surface area contributed by atoms with E-state index in [0.29, 0.717) is 22.6 Å². The Morgan fingerprint density at radius 1 is 1.07 bits per heavy atom. The number of pyridine rings is 1. The van der Waals surface area contributed by atoms with Gasteiger partial charge in [-0.3, -0.25) is 4.40 Å². The molecule has 2 aromatic carbocycles. The van der Waals surface area contributed by atoms with Gasteiger partial charge in [0.2, 0.25) is 0 Å². The van der Waals surface area contributed by atoms with E-state index in [0.717, 1.165) is 22.7 Å². The molecule has 0 aliphatic heterocycles. The third kappa shape index (κ3) is 2.61. The number of ether oxygens (including phenoxy) is 1. The van der Waals surface area contributed by atoms with Gasteiger partial charge in [0.25, 0.3) is 0 Å². The second-order valence-corrected chi connectivity index (χ2v) is 6.74. The van der Waals surface area contributed by atoms with Crippen LogP contribution in [0.3, 0.4) is 0 Å². The summed E-state index contributed by atoms with van der Waals surface area (Å²) < 4.78 is 21.0. The molecular formula is C21H14ClFN4O. The van der Waals surface area contributed by atoms with Crippen LogP contribution in [0.1, 0.15) is 0 Å². The standard InChI is InChI=1S/C21H14ClFN4O/c1-28-13-7-5-12(6-8-13)21-26-19(18-4-2-3-9-27(18)21)20-24-16-10-14(22)15(23)11-17(16)25-20/h2-11H,1H3,(H,24,25). The Balaban J connectivity index is 1.72. The van der Waals surface area contributed by atoms with Gasteiger partial charge in [-0.05, 0) is 42.5 Å². The van der Waals surface area contributed by atoms with Crippen LogP contribution in [0.2, 0.25) is 5.02 Å². The van der Waals surface area contributed by atoms with E-state index in [2.05, 4.69) is 9.97 Å². The molecule has 0 amide bonds. The molecular weight excluding hydrogens is 379 g/mol. The lowest BCUT2D eigenvalue weighted by Gasteiger charge is -2.03. The van der Waals surface area contributed by atoms with Crippen molar-refractivity contribution < 1.29 is 9.13 Å². The van der Waals surface area contributed by atoms with E-state index in [1.807, 2.05) is 53.1 Å². The summed E-state index contributed by atoms with van der Waals surface area (Å²) in [4.78, 5) is 12.5. The van der Waals surface area contributed by atoms with Gasteiger partial charge in [0.1, 0.15) is 23.1 Å². The lowest BCUT2D eigenvalue weighted by Crippen LogP contribution is -1.89. The number of aromatic amines is 1. The van der Waals surface area contributed by atoms with Gasteiger partial charge < -0.3 is 9.72 Å². The Morgan fingerprint density at radius 2 is 1.89 bits per heavy atom. The van der Waals surface area contributed by atoms with Crippen molar-refractivity contribution in [3.63, 3.8) is 0 Å². The van der Waals surface area contributed by atoms with E-state index in [9.17, 15) is 4.39 Å². The molecule has 0 saturated carbocycles. The first kappa shape index (κ1) is 16.8. The topological polar surface area (TPSA) is 55.2 Å². The number of nitrogens with zero attached hydrogens (tertiary/aromatic N) is 3. The Bertz CT molecular complexity index is 1290. The monoisotopic (exact) mass is 392 g/mol. The molecule has 0 radical (unpaired) electrons. The van der Waals surface area contributed by atoms with Gasteiger partial charge in [0.05, 0.1) is 28.7 Å². The number of benzene rings is 2. The molecule has 28 heavy (non-hydrogen) atoms. The first-order valence-corrected chi connectivity index (χ1v) is 8.98. The van der Waals surface area contributed by atoms with E-state index in [1.54, 1.807) is 7.11 Å². The summed E-state index contributed by atoms with van der Waals surface area (Å²) >= 11 is 5.89. The van der Waals surface area contributed by atoms with Crippen molar-refractivity contribution in [1.82, 2.24) is 19.4 Å². The van der Waals surface area contributed by atoms with Crippen LogP contribution in [0.15, 0.2) is 60.8 Å². The summed E-state index contributed by atoms with van der Waals surface area (Å²) in [5, 5.41) is 0.0409. The van der Waals surface area contributed by atoms with E-state index < -0.39 is 5.82 Å². The molecule has 7 heteroatoms. The number of rotatable bonds is 3. The first-order chi connectivity index (χ1) is 13.6. The number of imidazole rings is 2. The van der Waals surface area contributed by atoms with Crippen LogP contribution in [0.5, 0.6) is 5.75 Å². The van der Waals surface area contributed by atoms with Crippen molar-refractivity contribution in [2.45, 2.75) is 0 Å². The SMILES string of the molecule is COc1ccc(-c2nc(-c3nc4cc(Cl)c(F)cc4[nH]3)c3ccccn23)cc1. The number of methoxy groups -OCH3 is 1. The zero-order valence-electron chi connectivity index (χ0n) is 14.8. The Hall–Kier alpha value is -3.38. The highest BCUT2D eigenvalue weighted by Gasteiger charge is 2.17. The molecule has 0 spiro atoms. The number of hydrogen-bond donors (Lipinski definition) is 1. The molecule has 0 aliphatic carbocycles. The Kier molecular flexibility index (Phi) is 3.80. The van der Waals surface area contributed by atoms with E-state index in [1.165, 1.54) is 12.1 Å². The van der Waals surface area contributed by atoms with E-state index >= 15 is 0 Å². The van der Waals surface area contributed by atoms with Crippen molar-refractivity contribution in [2.24, 2.45) is 0 Å². The largest absolute Gasteiger partial charge is 0.497 e. The maximum atomic E-state index is 13.8. The lowest BCUT2D eigenvalue weighted by molar-refractivity contribution is 0.415. The summed E-state index contributed by atoms with van der Waals surface area (Å²) in [6.45, 7) is 0. The fraction of sp³-hybridized carbons (Fsp3) is 0.0476. The minimum absolute atomic E-state index is 0.0409. The number of hydrogen-bond acceptors (Lipinski definition) is 3. The van der Waals surface area contributed by atoms with Crippen LogP contribution >= 0.6 is 11.6 Å². The number of nitrogens with one attached hydrogen (secondary N) is 1. The molecule has 0 atom stereocenters. The molecule has 138 valence electrons. The van der Waals surface area contributed by atoms with Gasteiger partial charge in [-0.1, -0.05) is 17.7 Å². The van der Waals surface area contributed by atoms with Crippen LogP contribution in [0, 0.1) is 5.82 Å². The first-order valence-electron chi connectivity index (χ1n) is 8.60. The average Bonchev–Trinajstić information content (AvgIpc) is 3.29. The minimum Gasteiger partial charge on any atom is -0.497 e. The fourth-order valence-corrected chi connectivity index (χ4v) is 3.43. The zero-order valence-corrected chi connectivity index (χ0v) is 15.5. The molecule has 5 rings (SSSR count). The van der Waals surface area contributed by atoms with Crippen molar-refractivity contribution >= 4 is 28.2 Å². The van der Waals surface area contributed by atoms with Crippen LogP contribution in [0.25, 0.3) is 39.5 Å². The third-order valence-electron chi connectivity index (χ3n) is 4.64. The molecule has 5 aromatic rings. The molecule has 0 aliphatic rings. The number of halogens is 2. The highest BCUT2D eigenvalue weighted by atomic mass is 35.5. The van der Waals surface area contributed by atoms with E-state index in [4.69, 9.17) is 21.3 Å². The fourth-order valence-electron chi connectivity index (χ4n) is 3.27. The van der Waals surface area contributed by atoms with Gasteiger partial charge in [0, 0.05) is 17.8 Å². The quantitative estimate of drug-likeness (QED) is 0.450. The van der Waals surface area contributed by atoms with Crippen molar-refractivity contribution in [2.75, 3.05) is 7.11 Å². The Labute approximate surface area is 164 Å². The highest BCUT2D eigenvalue weighted by Crippen LogP contribution is 2.31. The van der Waals surface area contributed by atoms with Gasteiger partial charge in [-0.25, -0.2) is 14.4 Å². The smallest absolute Gasteiger partial charge is 0.159 e. The number of H-pyrrole nitrogens is 1. The van der Waals surface area contributed by atoms with Crippen LogP contribution in [-0.4, -0.2) is 26.5 Å². The average molecular weight is 393 g/mol. The molecule has 0 saturated heterocycles. The van der Waals surface area contributed by atoms with Gasteiger partial charge in [0.15, 0.2) is 5.82 Å². The minimum atomic E-state index is -0.488.